The third-order valence-corrected chi connectivity index (χ3v) is 7.19. The summed E-state index contributed by atoms with van der Waals surface area (Å²) in [4.78, 5) is 16.3. The molecule has 0 amide bonds. The molecule has 134 valence electrons. The van der Waals surface area contributed by atoms with E-state index in [9.17, 15) is 9.90 Å². The van der Waals surface area contributed by atoms with Crippen LogP contribution < -0.4 is 0 Å². The van der Waals surface area contributed by atoms with Gasteiger partial charge < -0.3 is 10.0 Å². The Hall–Kier alpha value is -1.59. The average Bonchev–Trinajstić information content (AvgIpc) is 3.21. The van der Waals surface area contributed by atoms with Crippen molar-refractivity contribution in [1.82, 2.24) is 4.90 Å². The number of carboxylic acid groups (broad SMARTS) is 1. The maximum atomic E-state index is 11.2. The fourth-order valence-corrected chi connectivity index (χ4v) is 5.68. The summed E-state index contributed by atoms with van der Waals surface area (Å²) in [6.07, 6.45) is 7.06. The molecule has 1 unspecified atom stereocenters. The summed E-state index contributed by atoms with van der Waals surface area (Å²) < 4.78 is 0. The third-order valence-electron chi connectivity index (χ3n) is 4.93. The van der Waals surface area contributed by atoms with Gasteiger partial charge in [-0.25, -0.2) is 0 Å². The Kier molecular flexibility index (Phi) is 5.97. The van der Waals surface area contributed by atoms with Crippen LogP contribution in [0.15, 0.2) is 35.2 Å². The molecule has 1 saturated heterocycles. The quantitative estimate of drug-likeness (QED) is 0.749. The summed E-state index contributed by atoms with van der Waals surface area (Å²) in [6.45, 7) is 5.97. The van der Waals surface area contributed by atoms with Crippen molar-refractivity contribution in [2.45, 2.75) is 39.0 Å². The van der Waals surface area contributed by atoms with E-state index in [1.54, 1.807) is 0 Å². The molecule has 0 radical (unpaired) electrons. The number of likely N-dealkylation sites (tertiary alicyclic amines) is 1. The highest BCUT2D eigenvalue weighted by molar-refractivity contribution is 7.11. The van der Waals surface area contributed by atoms with Crippen molar-refractivity contribution in [2.75, 3.05) is 13.1 Å². The Balaban J connectivity index is 1.72. The molecule has 3 heterocycles. The number of aryl methyl sites for hydroxylation is 2. The molecule has 1 N–H and O–H groups in total. The highest BCUT2D eigenvalue weighted by atomic mass is 32.1. The first kappa shape index (κ1) is 18.2. The van der Waals surface area contributed by atoms with Crippen LogP contribution in [0.2, 0.25) is 0 Å². The van der Waals surface area contributed by atoms with Crippen molar-refractivity contribution >= 4 is 28.6 Å². The van der Waals surface area contributed by atoms with Gasteiger partial charge in [-0.1, -0.05) is 6.08 Å². The number of carbonyl (C=O) groups is 1. The number of hydrogen-bond donors (Lipinski definition) is 1. The molecule has 0 spiro atoms. The fourth-order valence-electron chi connectivity index (χ4n) is 3.51. The Bertz CT molecular complexity index is 706. The monoisotopic (exact) mass is 375 g/mol. The van der Waals surface area contributed by atoms with Crippen LogP contribution in [0.4, 0.5) is 0 Å². The molecule has 0 saturated carbocycles. The first-order valence-electron chi connectivity index (χ1n) is 8.77. The van der Waals surface area contributed by atoms with Crippen LogP contribution in [0.25, 0.3) is 0 Å². The maximum absolute atomic E-state index is 11.2. The molecule has 2 aromatic rings. The van der Waals surface area contributed by atoms with Gasteiger partial charge >= 0.3 is 5.97 Å². The van der Waals surface area contributed by atoms with Gasteiger partial charge in [-0.2, -0.15) is 0 Å². The summed E-state index contributed by atoms with van der Waals surface area (Å²) >= 11 is 3.67. The predicted octanol–water partition coefficient (Wildman–Crippen LogP) is 5.26. The van der Waals surface area contributed by atoms with Gasteiger partial charge in [-0.15, -0.1) is 22.7 Å². The lowest BCUT2D eigenvalue weighted by Crippen LogP contribution is -2.35. The predicted molar refractivity (Wildman–Crippen MR) is 106 cm³/mol. The molecule has 3 nitrogen and oxygen atoms in total. The van der Waals surface area contributed by atoms with Crippen LogP contribution >= 0.6 is 22.7 Å². The zero-order valence-corrected chi connectivity index (χ0v) is 16.4. The lowest BCUT2D eigenvalue weighted by atomic mass is 9.96. The molecular formula is C20H25NO2S2. The zero-order chi connectivity index (χ0) is 17.8. The molecule has 0 aliphatic carbocycles. The molecule has 0 bridgehead atoms. The van der Waals surface area contributed by atoms with E-state index < -0.39 is 5.97 Å². The van der Waals surface area contributed by atoms with Gasteiger partial charge in [-0.3, -0.25) is 4.79 Å². The first-order valence-corrected chi connectivity index (χ1v) is 10.5. The topological polar surface area (TPSA) is 40.5 Å². The average molecular weight is 376 g/mol. The highest BCUT2D eigenvalue weighted by Gasteiger charge is 2.24. The lowest BCUT2D eigenvalue weighted by Gasteiger charge is -2.29. The summed E-state index contributed by atoms with van der Waals surface area (Å²) in [7, 11) is 0. The number of thiophene rings is 2. The van der Waals surface area contributed by atoms with Gasteiger partial charge in [0.05, 0.1) is 5.92 Å². The summed E-state index contributed by atoms with van der Waals surface area (Å²) in [6, 6.07) is 4.39. The van der Waals surface area contributed by atoms with Gasteiger partial charge in [0, 0.05) is 28.8 Å². The number of carboxylic acids is 1. The largest absolute Gasteiger partial charge is 0.481 e. The minimum absolute atomic E-state index is 0.228. The molecule has 25 heavy (non-hydrogen) atoms. The molecule has 5 heteroatoms. The summed E-state index contributed by atoms with van der Waals surface area (Å²) in [5.41, 5.74) is 2.72. The number of rotatable bonds is 6. The molecule has 1 fully saturated rings. The van der Waals surface area contributed by atoms with E-state index in [2.05, 4.69) is 53.9 Å². The van der Waals surface area contributed by atoms with Crippen LogP contribution in [-0.2, 0) is 4.79 Å². The van der Waals surface area contributed by atoms with Crippen LogP contribution in [0.5, 0.6) is 0 Å². The number of allylic oxidation sites excluding steroid dienone is 1. The van der Waals surface area contributed by atoms with E-state index in [1.807, 2.05) is 22.7 Å². The SMILES string of the molecule is Cc1ccsc1C(CC=CN1CCCC(C(=O)O)C1)c1sccc1C. The summed E-state index contributed by atoms with van der Waals surface area (Å²) in [5.74, 6) is -0.496. The van der Waals surface area contributed by atoms with E-state index in [1.165, 1.54) is 20.9 Å². The van der Waals surface area contributed by atoms with E-state index in [4.69, 9.17) is 0 Å². The number of piperidine rings is 1. The Morgan fingerprint density at radius 3 is 2.44 bits per heavy atom. The molecule has 3 rings (SSSR count). The number of aliphatic carboxylic acids is 1. The second-order valence-corrected chi connectivity index (χ2v) is 8.68. The molecule has 1 aliphatic rings. The second-order valence-electron chi connectivity index (χ2n) is 6.78. The fraction of sp³-hybridized carbons (Fsp3) is 0.450. The molecule has 0 aromatic carbocycles. The minimum Gasteiger partial charge on any atom is -0.481 e. The smallest absolute Gasteiger partial charge is 0.308 e. The van der Waals surface area contributed by atoms with E-state index in [0.717, 1.165) is 25.8 Å². The molecule has 1 aliphatic heterocycles. The van der Waals surface area contributed by atoms with Gasteiger partial charge in [0.25, 0.3) is 0 Å². The second kappa shape index (κ2) is 8.19. The van der Waals surface area contributed by atoms with Crippen molar-refractivity contribution < 1.29 is 9.90 Å². The van der Waals surface area contributed by atoms with Gasteiger partial charge in [0.15, 0.2) is 0 Å². The zero-order valence-electron chi connectivity index (χ0n) is 14.8. The Morgan fingerprint density at radius 1 is 1.28 bits per heavy atom. The van der Waals surface area contributed by atoms with Crippen molar-refractivity contribution in [2.24, 2.45) is 5.92 Å². The third kappa shape index (κ3) is 4.33. The van der Waals surface area contributed by atoms with Gasteiger partial charge in [0.1, 0.15) is 0 Å². The van der Waals surface area contributed by atoms with E-state index in [-0.39, 0.29) is 5.92 Å². The maximum Gasteiger partial charge on any atom is 0.308 e. The lowest BCUT2D eigenvalue weighted by molar-refractivity contribution is -0.143. The molecule has 2 aromatic heterocycles. The van der Waals surface area contributed by atoms with Crippen LogP contribution in [0.1, 0.15) is 46.1 Å². The van der Waals surface area contributed by atoms with Crippen molar-refractivity contribution in [1.29, 1.82) is 0 Å². The van der Waals surface area contributed by atoms with Gasteiger partial charge in [-0.05, 0) is 73.3 Å². The van der Waals surface area contributed by atoms with Gasteiger partial charge in [0.2, 0.25) is 0 Å². The normalized spacial score (nSPS) is 18.4. The van der Waals surface area contributed by atoms with E-state index in [0.29, 0.717) is 12.5 Å². The molecular weight excluding hydrogens is 350 g/mol. The first-order chi connectivity index (χ1) is 12.1. The number of nitrogens with zero attached hydrogens (tertiary/aromatic N) is 1. The van der Waals surface area contributed by atoms with Crippen LogP contribution in [0, 0.1) is 19.8 Å². The standard InChI is InChI=1S/C20H25NO2S2/c1-14-7-11-24-18(14)17(19-15(2)8-12-25-19)6-4-10-21-9-3-5-16(13-21)20(22)23/h4,7-8,10-12,16-17H,3,5-6,9,13H2,1-2H3,(H,22,23). The van der Waals surface area contributed by atoms with E-state index >= 15 is 0 Å². The van der Waals surface area contributed by atoms with Crippen LogP contribution in [0.3, 0.4) is 0 Å². The number of hydrogen-bond acceptors (Lipinski definition) is 4. The van der Waals surface area contributed by atoms with Crippen molar-refractivity contribution in [3.63, 3.8) is 0 Å². The molecule has 1 atom stereocenters. The summed E-state index contributed by atoms with van der Waals surface area (Å²) in [5, 5.41) is 13.6. The Morgan fingerprint density at radius 2 is 1.92 bits per heavy atom. The van der Waals surface area contributed by atoms with Crippen molar-refractivity contribution in [3.05, 3.63) is 56.1 Å². The highest BCUT2D eigenvalue weighted by Crippen LogP contribution is 2.38. The van der Waals surface area contributed by atoms with Crippen LogP contribution in [-0.4, -0.2) is 29.1 Å². The minimum atomic E-state index is -0.667. The Labute approximate surface area is 157 Å². The van der Waals surface area contributed by atoms with Crippen molar-refractivity contribution in [3.8, 4) is 0 Å².